The molecular weight excluding hydrogens is 212 g/mol. The Morgan fingerprint density at radius 1 is 1.53 bits per heavy atom. The molecular formula is C10H18N2O2S. The van der Waals surface area contributed by atoms with Gasteiger partial charge in [0.25, 0.3) is 0 Å². The van der Waals surface area contributed by atoms with Crippen LogP contribution in [-0.4, -0.2) is 34.7 Å². The number of carbonyl (C=O) groups excluding carboxylic acids is 1. The Morgan fingerprint density at radius 2 is 2.07 bits per heavy atom. The van der Waals surface area contributed by atoms with Crippen LogP contribution in [0.25, 0.3) is 0 Å². The third-order valence-corrected chi connectivity index (χ3v) is 2.27. The number of ether oxygens (including phenoxy) is 1. The highest BCUT2D eigenvalue weighted by Gasteiger charge is 2.33. The van der Waals surface area contributed by atoms with Gasteiger partial charge in [0, 0.05) is 25.4 Å². The van der Waals surface area contributed by atoms with E-state index in [2.05, 4.69) is 0 Å². The number of nitrogens with zero attached hydrogens (tertiary/aromatic N) is 1. The van der Waals surface area contributed by atoms with Gasteiger partial charge in [0.1, 0.15) is 5.60 Å². The van der Waals surface area contributed by atoms with Crippen molar-refractivity contribution >= 4 is 23.3 Å². The van der Waals surface area contributed by atoms with Crippen molar-refractivity contribution in [2.45, 2.75) is 32.8 Å². The van der Waals surface area contributed by atoms with Crippen LogP contribution in [0.5, 0.6) is 0 Å². The molecule has 0 aromatic rings. The van der Waals surface area contributed by atoms with Crippen molar-refractivity contribution in [1.29, 1.82) is 0 Å². The van der Waals surface area contributed by atoms with E-state index >= 15 is 0 Å². The lowest BCUT2D eigenvalue weighted by Crippen LogP contribution is -2.52. The van der Waals surface area contributed by atoms with Gasteiger partial charge in [0.2, 0.25) is 0 Å². The molecule has 0 bridgehead atoms. The highest BCUT2D eigenvalue weighted by atomic mass is 32.1. The lowest BCUT2D eigenvalue weighted by atomic mass is 9.97. The predicted octanol–water partition coefficient (Wildman–Crippen LogP) is 1.53. The molecule has 15 heavy (non-hydrogen) atoms. The maximum atomic E-state index is 11.5. The first-order chi connectivity index (χ1) is 6.78. The van der Waals surface area contributed by atoms with Crippen molar-refractivity contribution in [2.75, 3.05) is 13.1 Å². The van der Waals surface area contributed by atoms with Crippen molar-refractivity contribution in [2.24, 2.45) is 11.7 Å². The number of hydrogen-bond donors (Lipinski definition) is 1. The monoisotopic (exact) mass is 230 g/mol. The van der Waals surface area contributed by atoms with E-state index in [0.717, 1.165) is 0 Å². The van der Waals surface area contributed by atoms with Gasteiger partial charge in [-0.3, -0.25) is 0 Å². The van der Waals surface area contributed by atoms with Crippen LogP contribution in [0.4, 0.5) is 4.79 Å². The number of rotatable bonds is 2. The normalized spacial score (nSPS) is 17.1. The number of hydrogen-bond acceptors (Lipinski definition) is 3. The molecule has 0 aromatic heterocycles. The van der Waals surface area contributed by atoms with Gasteiger partial charge in [-0.15, -0.1) is 0 Å². The summed E-state index contributed by atoms with van der Waals surface area (Å²) in [5.41, 5.74) is 5.00. The van der Waals surface area contributed by atoms with E-state index in [1.54, 1.807) is 4.90 Å². The Kier molecular flexibility index (Phi) is 3.54. The fourth-order valence-corrected chi connectivity index (χ4v) is 1.69. The van der Waals surface area contributed by atoms with Gasteiger partial charge < -0.3 is 15.4 Å². The van der Waals surface area contributed by atoms with Crippen LogP contribution >= 0.6 is 12.2 Å². The van der Waals surface area contributed by atoms with Crippen LogP contribution in [0.1, 0.15) is 27.2 Å². The fourth-order valence-electron chi connectivity index (χ4n) is 1.46. The highest BCUT2D eigenvalue weighted by Crippen LogP contribution is 2.21. The van der Waals surface area contributed by atoms with Crippen LogP contribution in [0, 0.1) is 5.92 Å². The molecule has 0 unspecified atom stereocenters. The minimum absolute atomic E-state index is 0.248. The molecule has 0 radical (unpaired) electrons. The van der Waals surface area contributed by atoms with Crippen molar-refractivity contribution in [3.05, 3.63) is 0 Å². The maximum Gasteiger partial charge on any atom is 0.410 e. The van der Waals surface area contributed by atoms with Gasteiger partial charge >= 0.3 is 6.09 Å². The number of thiocarbonyl (C=S) groups is 1. The molecule has 5 heteroatoms. The van der Waals surface area contributed by atoms with Gasteiger partial charge in [-0.1, -0.05) is 12.2 Å². The van der Waals surface area contributed by atoms with Gasteiger partial charge in [-0.2, -0.15) is 0 Å². The average Bonchev–Trinajstić information content (AvgIpc) is 1.91. The maximum absolute atomic E-state index is 11.5. The molecule has 1 saturated heterocycles. The van der Waals surface area contributed by atoms with Crippen molar-refractivity contribution in [1.82, 2.24) is 4.90 Å². The Bertz CT molecular complexity index is 267. The molecule has 1 aliphatic heterocycles. The number of likely N-dealkylation sites (tertiary alicyclic amines) is 1. The van der Waals surface area contributed by atoms with Crippen LogP contribution in [-0.2, 0) is 4.74 Å². The van der Waals surface area contributed by atoms with E-state index in [0.29, 0.717) is 30.4 Å². The van der Waals surface area contributed by atoms with E-state index in [1.165, 1.54) is 0 Å². The van der Waals surface area contributed by atoms with Crippen LogP contribution < -0.4 is 5.73 Å². The zero-order chi connectivity index (χ0) is 11.6. The Labute approximate surface area is 95.8 Å². The van der Waals surface area contributed by atoms with E-state index in [4.69, 9.17) is 22.7 Å². The minimum atomic E-state index is -0.425. The van der Waals surface area contributed by atoms with Gasteiger partial charge in [0.05, 0.1) is 4.99 Å². The summed E-state index contributed by atoms with van der Waals surface area (Å²) in [6.07, 6.45) is 0.468. The quantitative estimate of drug-likeness (QED) is 0.731. The van der Waals surface area contributed by atoms with Crippen molar-refractivity contribution < 1.29 is 9.53 Å². The third kappa shape index (κ3) is 4.03. The first kappa shape index (κ1) is 12.2. The molecule has 0 aliphatic carbocycles. The highest BCUT2D eigenvalue weighted by molar-refractivity contribution is 7.80. The average molecular weight is 230 g/mol. The summed E-state index contributed by atoms with van der Waals surface area (Å²) >= 11 is 4.81. The van der Waals surface area contributed by atoms with E-state index < -0.39 is 5.60 Å². The largest absolute Gasteiger partial charge is 0.444 e. The number of amides is 1. The van der Waals surface area contributed by atoms with E-state index in [-0.39, 0.29) is 6.09 Å². The summed E-state index contributed by atoms with van der Waals surface area (Å²) in [6.45, 7) is 6.98. The molecule has 1 fully saturated rings. The van der Waals surface area contributed by atoms with Gasteiger partial charge in [0.15, 0.2) is 0 Å². The molecule has 0 spiro atoms. The topological polar surface area (TPSA) is 55.6 Å². The minimum Gasteiger partial charge on any atom is -0.444 e. The Balaban J connectivity index is 2.27. The van der Waals surface area contributed by atoms with Crippen LogP contribution in [0.2, 0.25) is 0 Å². The summed E-state index contributed by atoms with van der Waals surface area (Å²) in [5, 5.41) is 0. The molecule has 1 amide bonds. The SMILES string of the molecule is CC(C)(C)OC(=O)N1CC(CC(N)=S)C1. The summed E-state index contributed by atoms with van der Waals surface area (Å²) < 4.78 is 5.22. The summed E-state index contributed by atoms with van der Waals surface area (Å²) in [4.78, 5) is 13.7. The second-order valence-corrected chi connectivity index (χ2v) is 5.45. The summed E-state index contributed by atoms with van der Waals surface area (Å²) in [6, 6.07) is 0. The number of nitrogens with two attached hydrogens (primary N) is 1. The summed E-state index contributed by atoms with van der Waals surface area (Å²) in [7, 11) is 0. The zero-order valence-corrected chi connectivity index (χ0v) is 10.3. The molecule has 2 N–H and O–H groups in total. The van der Waals surface area contributed by atoms with Crippen LogP contribution in [0.15, 0.2) is 0 Å². The van der Waals surface area contributed by atoms with Crippen molar-refractivity contribution in [3.8, 4) is 0 Å². The molecule has 4 nitrogen and oxygen atoms in total. The van der Waals surface area contributed by atoms with Crippen LogP contribution in [0.3, 0.4) is 0 Å². The fraction of sp³-hybridized carbons (Fsp3) is 0.800. The first-order valence-electron chi connectivity index (χ1n) is 5.04. The standard InChI is InChI=1S/C10H18N2O2S/c1-10(2,3)14-9(13)12-5-7(6-12)4-8(11)15/h7H,4-6H2,1-3H3,(H2,11,15). The number of carbonyl (C=O) groups is 1. The second kappa shape index (κ2) is 4.35. The zero-order valence-electron chi connectivity index (χ0n) is 9.45. The van der Waals surface area contributed by atoms with Gasteiger partial charge in [-0.25, -0.2) is 4.79 Å². The van der Waals surface area contributed by atoms with Crippen molar-refractivity contribution in [3.63, 3.8) is 0 Å². The summed E-state index contributed by atoms with van der Waals surface area (Å²) in [5.74, 6) is 0.412. The Hall–Kier alpha value is -0.840. The predicted molar refractivity (Wildman–Crippen MR) is 62.7 cm³/mol. The molecule has 86 valence electrons. The third-order valence-electron chi connectivity index (χ3n) is 2.10. The van der Waals surface area contributed by atoms with Gasteiger partial charge in [-0.05, 0) is 20.8 Å². The smallest absolute Gasteiger partial charge is 0.410 e. The molecule has 1 rings (SSSR count). The molecule has 0 atom stereocenters. The lowest BCUT2D eigenvalue weighted by Gasteiger charge is -2.39. The molecule has 0 aromatic carbocycles. The van der Waals surface area contributed by atoms with E-state index in [9.17, 15) is 4.79 Å². The second-order valence-electron chi connectivity index (χ2n) is 4.92. The molecule has 1 aliphatic rings. The Morgan fingerprint density at radius 3 is 2.47 bits per heavy atom. The molecule has 0 saturated carbocycles. The van der Waals surface area contributed by atoms with E-state index in [1.807, 2.05) is 20.8 Å². The first-order valence-corrected chi connectivity index (χ1v) is 5.45. The molecule has 1 heterocycles. The lowest BCUT2D eigenvalue weighted by molar-refractivity contribution is 0.0000673.